The van der Waals surface area contributed by atoms with Crippen LogP contribution in [0, 0.1) is 6.92 Å². The summed E-state index contributed by atoms with van der Waals surface area (Å²) in [5.41, 5.74) is 6.03. The highest BCUT2D eigenvalue weighted by molar-refractivity contribution is 5.79. The fourth-order valence-electron chi connectivity index (χ4n) is 2.19. The normalized spacial score (nSPS) is 10.7. The molecule has 0 aliphatic heterocycles. The van der Waals surface area contributed by atoms with E-state index in [-0.39, 0.29) is 0 Å². The lowest BCUT2D eigenvalue weighted by Gasteiger charge is -2.08. The Hall–Kier alpha value is -3.21. The topological polar surface area (TPSA) is 62.2 Å². The van der Waals surface area contributed by atoms with Crippen LogP contribution in [-0.4, -0.2) is 16.2 Å². The quantitative estimate of drug-likeness (QED) is 0.535. The van der Waals surface area contributed by atoms with Crippen molar-refractivity contribution >= 4 is 18.0 Å². The summed E-state index contributed by atoms with van der Waals surface area (Å²) in [6.07, 6.45) is 1.76. The second-order valence-corrected chi connectivity index (χ2v) is 5.34. The molecule has 1 heterocycles. The Bertz CT molecular complexity index is 801. The van der Waals surface area contributed by atoms with Crippen molar-refractivity contribution in [2.24, 2.45) is 5.10 Å². The Kier molecular flexibility index (Phi) is 5.14. The molecular weight excluding hydrogens is 298 g/mol. The number of aryl methyl sites for hydroxylation is 1. The van der Waals surface area contributed by atoms with Gasteiger partial charge >= 0.3 is 0 Å². The van der Waals surface area contributed by atoms with E-state index in [0.717, 1.165) is 11.3 Å². The first-order valence-electron chi connectivity index (χ1n) is 7.77. The standard InChI is InChI=1S/C19H19N5/c1-15-12-18(24-21-14-17-10-6-3-7-11-17)23-19(22-15)20-13-16-8-4-2-5-9-16/h2-12,14H,13H2,1H3,(H2,20,22,23,24)/b21-14-. The molecule has 0 atom stereocenters. The van der Waals surface area contributed by atoms with Crippen molar-refractivity contribution in [3.63, 3.8) is 0 Å². The highest BCUT2D eigenvalue weighted by Crippen LogP contribution is 2.11. The fraction of sp³-hybridized carbons (Fsp3) is 0.105. The highest BCUT2D eigenvalue weighted by Gasteiger charge is 2.01. The maximum atomic E-state index is 4.43. The van der Waals surface area contributed by atoms with Crippen molar-refractivity contribution in [3.8, 4) is 0 Å². The zero-order chi connectivity index (χ0) is 16.6. The van der Waals surface area contributed by atoms with Gasteiger partial charge in [0.25, 0.3) is 0 Å². The SMILES string of the molecule is Cc1cc(N/N=C\c2ccccc2)nc(NCc2ccccc2)n1. The summed E-state index contributed by atoms with van der Waals surface area (Å²) in [6, 6.07) is 21.9. The second-order valence-electron chi connectivity index (χ2n) is 5.34. The van der Waals surface area contributed by atoms with Gasteiger partial charge in [0.05, 0.1) is 6.21 Å². The predicted octanol–water partition coefficient (Wildman–Crippen LogP) is 3.84. The summed E-state index contributed by atoms with van der Waals surface area (Å²) < 4.78 is 0. The molecule has 5 nitrogen and oxygen atoms in total. The highest BCUT2D eigenvalue weighted by atomic mass is 15.3. The van der Waals surface area contributed by atoms with Crippen LogP contribution >= 0.6 is 0 Å². The molecule has 0 bridgehead atoms. The second kappa shape index (κ2) is 7.87. The van der Waals surface area contributed by atoms with Crippen LogP contribution in [0.1, 0.15) is 16.8 Å². The summed E-state index contributed by atoms with van der Waals surface area (Å²) in [5, 5.41) is 7.46. The van der Waals surface area contributed by atoms with Crippen LogP contribution in [-0.2, 0) is 6.54 Å². The number of aromatic nitrogens is 2. The Morgan fingerprint density at radius 3 is 2.42 bits per heavy atom. The van der Waals surface area contributed by atoms with Crippen molar-refractivity contribution in [2.45, 2.75) is 13.5 Å². The number of nitrogens with one attached hydrogen (secondary N) is 2. The third-order valence-corrected chi connectivity index (χ3v) is 3.34. The Labute approximate surface area is 141 Å². The summed E-state index contributed by atoms with van der Waals surface area (Å²) >= 11 is 0. The lowest BCUT2D eigenvalue weighted by molar-refractivity contribution is 1.02. The zero-order valence-electron chi connectivity index (χ0n) is 13.5. The van der Waals surface area contributed by atoms with E-state index < -0.39 is 0 Å². The minimum absolute atomic E-state index is 0.580. The summed E-state index contributed by atoms with van der Waals surface area (Å²) in [7, 11) is 0. The summed E-state index contributed by atoms with van der Waals surface area (Å²) in [4.78, 5) is 8.83. The van der Waals surface area contributed by atoms with Crippen LogP contribution < -0.4 is 10.7 Å². The number of anilines is 2. The minimum Gasteiger partial charge on any atom is -0.350 e. The van der Waals surface area contributed by atoms with E-state index in [1.807, 2.05) is 61.5 Å². The largest absolute Gasteiger partial charge is 0.350 e. The van der Waals surface area contributed by atoms with Crippen LogP contribution in [0.3, 0.4) is 0 Å². The molecule has 3 aromatic rings. The summed E-state index contributed by atoms with van der Waals surface area (Å²) in [6.45, 7) is 2.61. The average Bonchev–Trinajstić information content (AvgIpc) is 2.61. The van der Waals surface area contributed by atoms with Gasteiger partial charge in [-0.1, -0.05) is 60.7 Å². The van der Waals surface area contributed by atoms with Gasteiger partial charge in [-0.15, -0.1) is 0 Å². The van der Waals surface area contributed by atoms with Gasteiger partial charge in [-0.05, 0) is 18.1 Å². The molecule has 0 spiro atoms. The maximum Gasteiger partial charge on any atom is 0.225 e. The molecule has 2 aromatic carbocycles. The van der Waals surface area contributed by atoms with Gasteiger partial charge in [0.15, 0.2) is 5.82 Å². The first kappa shape index (κ1) is 15.7. The molecular formula is C19H19N5. The van der Waals surface area contributed by atoms with Crippen LogP contribution in [0.25, 0.3) is 0 Å². The smallest absolute Gasteiger partial charge is 0.225 e. The van der Waals surface area contributed by atoms with Gasteiger partial charge < -0.3 is 5.32 Å². The number of hydrogen-bond donors (Lipinski definition) is 2. The summed E-state index contributed by atoms with van der Waals surface area (Å²) in [5.74, 6) is 1.24. The Balaban J connectivity index is 1.64. The third kappa shape index (κ3) is 4.64. The van der Waals surface area contributed by atoms with Gasteiger partial charge in [-0.25, -0.2) is 4.98 Å². The van der Waals surface area contributed by atoms with E-state index >= 15 is 0 Å². The molecule has 0 saturated carbocycles. The number of nitrogens with zero attached hydrogens (tertiary/aromatic N) is 3. The monoisotopic (exact) mass is 317 g/mol. The van der Waals surface area contributed by atoms with E-state index in [2.05, 4.69) is 37.9 Å². The molecule has 0 amide bonds. The lowest BCUT2D eigenvalue weighted by atomic mass is 10.2. The van der Waals surface area contributed by atoms with E-state index in [1.54, 1.807) is 6.21 Å². The molecule has 1 aromatic heterocycles. The molecule has 0 unspecified atom stereocenters. The molecule has 120 valence electrons. The van der Waals surface area contributed by atoms with E-state index in [9.17, 15) is 0 Å². The first-order chi connectivity index (χ1) is 11.8. The van der Waals surface area contributed by atoms with Crippen molar-refractivity contribution in [1.82, 2.24) is 9.97 Å². The van der Waals surface area contributed by atoms with Gasteiger partial charge in [-0.3, -0.25) is 5.43 Å². The number of hydrazone groups is 1. The van der Waals surface area contributed by atoms with Crippen molar-refractivity contribution in [2.75, 3.05) is 10.7 Å². The van der Waals surface area contributed by atoms with E-state index in [0.29, 0.717) is 18.3 Å². The predicted molar refractivity (Wildman–Crippen MR) is 98.2 cm³/mol. The molecule has 0 aliphatic carbocycles. The molecule has 0 aliphatic rings. The molecule has 5 heteroatoms. The number of hydrogen-bond acceptors (Lipinski definition) is 5. The zero-order valence-corrected chi connectivity index (χ0v) is 13.5. The molecule has 0 radical (unpaired) electrons. The molecule has 0 fully saturated rings. The van der Waals surface area contributed by atoms with Crippen molar-refractivity contribution < 1.29 is 0 Å². The van der Waals surface area contributed by atoms with Crippen molar-refractivity contribution in [3.05, 3.63) is 83.6 Å². The average molecular weight is 317 g/mol. The molecule has 0 saturated heterocycles. The fourth-order valence-corrected chi connectivity index (χ4v) is 2.19. The third-order valence-electron chi connectivity index (χ3n) is 3.34. The van der Waals surface area contributed by atoms with Crippen LogP contribution in [0.5, 0.6) is 0 Å². The van der Waals surface area contributed by atoms with Gasteiger partial charge in [0.1, 0.15) is 0 Å². The maximum absolute atomic E-state index is 4.43. The lowest BCUT2D eigenvalue weighted by Crippen LogP contribution is -2.06. The number of rotatable bonds is 6. The van der Waals surface area contributed by atoms with Gasteiger partial charge in [0.2, 0.25) is 5.95 Å². The Morgan fingerprint density at radius 2 is 1.67 bits per heavy atom. The molecule has 3 rings (SSSR count). The van der Waals surface area contributed by atoms with E-state index in [4.69, 9.17) is 0 Å². The van der Waals surface area contributed by atoms with Gasteiger partial charge in [0, 0.05) is 18.3 Å². The molecule has 2 N–H and O–H groups in total. The molecule has 24 heavy (non-hydrogen) atoms. The minimum atomic E-state index is 0.580. The van der Waals surface area contributed by atoms with Crippen LogP contribution in [0.15, 0.2) is 71.8 Å². The van der Waals surface area contributed by atoms with Gasteiger partial charge in [-0.2, -0.15) is 10.1 Å². The number of benzene rings is 2. The first-order valence-corrected chi connectivity index (χ1v) is 7.77. The van der Waals surface area contributed by atoms with Crippen LogP contribution in [0.2, 0.25) is 0 Å². The van der Waals surface area contributed by atoms with E-state index in [1.165, 1.54) is 5.56 Å². The van der Waals surface area contributed by atoms with Crippen molar-refractivity contribution in [1.29, 1.82) is 0 Å². The Morgan fingerprint density at radius 1 is 0.958 bits per heavy atom. The van der Waals surface area contributed by atoms with Crippen LogP contribution in [0.4, 0.5) is 11.8 Å².